The molecule has 68 valence electrons. The molecule has 1 heteroatoms. The highest BCUT2D eigenvalue weighted by atomic mass is 32.1. The molecule has 0 aliphatic rings. The molecule has 2 rings (SSSR count). The molecule has 14 heavy (non-hydrogen) atoms. The lowest BCUT2D eigenvalue weighted by Crippen LogP contribution is -1.68. The Balaban J connectivity index is 2.24. The van der Waals surface area contributed by atoms with E-state index in [1.165, 1.54) is 4.90 Å². The van der Waals surface area contributed by atoms with Gasteiger partial charge in [-0.3, -0.25) is 0 Å². The van der Waals surface area contributed by atoms with Crippen molar-refractivity contribution < 1.29 is 0 Å². The minimum atomic E-state index is 1.13. The lowest BCUT2D eigenvalue weighted by atomic mass is 10.2. The van der Waals surface area contributed by atoms with Gasteiger partial charge in [-0.1, -0.05) is 47.6 Å². The first-order valence-corrected chi connectivity index (χ1v) is 5.30. The highest BCUT2D eigenvalue weighted by Crippen LogP contribution is 2.08. The van der Waals surface area contributed by atoms with Crippen molar-refractivity contribution in [1.29, 1.82) is 0 Å². The quantitative estimate of drug-likeness (QED) is 0.604. The van der Waals surface area contributed by atoms with Gasteiger partial charge in [-0.2, -0.15) is 0 Å². The summed E-state index contributed by atoms with van der Waals surface area (Å²) < 4.78 is 0. The van der Waals surface area contributed by atoms with Crippen LogP contribution in [0.25, 0.3) is 0 Å². The molecule has 0 aliphatic carbocycles. The second-order valence-electron chi connectivity index (χ2n) is 2.88. The largest absolute Gasteiger partial charge is 0.0924 e. The maximum Gasteiger partial charge on any atom is 0.0354 e. The van der Waals surface area contributed by atoms with E-state index in [1.807, 2.05) is 36.4 Å². The van der Waals surface area contributed by atoms with E-state index in [0.29, 0.717) is 0 Å². The molecule has 0 bridgehead atoms. The summed E-state index contributed by atoms with van der Waals surface area (Å²) in [6.45, 7) is 0. The molecule has 0 aliphatic heterocycles. The van der Waals surface area contributed by atoms with Crippen LogP contribution in [0.1, 0.15) is 5.56 Å². The maximum absolute atomic E-state index is 3.28. The van der Waals surface area contributed by atoms with E-state index in [1.54, 1.807) is 11.2 Å². The van der Waals surface area contributed by atoms with Crippen molar-refractivity contribution in [3.63, 3.8) is 0 Å². The molecule has 0 nitrogen and oxygen atoms in total. The monoisotopic (exact) mass is 198 g/mol. The van der Waals surface area contributed by atoms with E-state index < -0.39 is 0 Å². The number of hydrogen-bond acceptors (Lipinski definition) is 0. The zero-order valence-electron chi connectivity index (χ0n) is 7.68. The first-order chi connectivity index (χ1) is 6.95. The van der Waals surface area contributed by atoms with Crippen molar-refractivity contribution in [1.82, 2.24) is 0 Å². The van der Waals surface area contributed by atoms with Crippen LogP contribution in [0.4, 0.5) is 0 Å². The van der Waals surface area contributed by atoms with Crippen LogP contribution in [0.2, 0.25) is 0 Å². The van der Waals surface area contributed by atoms with Gasteiger partial charge in [-0.25, -0.2) is 0 Å². The summed E-state index contributed by atoms with van der Waals surface area (Å²) in [7, 11) is 0. The highest BCUT2D eigenvalue weighted by molar-refractivity contribution is 7.88. The van der Waals surface area contributed by atoms with E-state index in [2.05, 4.69) is 29.5 Å². The van der Waals surface area contributed by atoms with Crippen LogP contribution in [-0.4, -0.2) is 0 Å². The molecular weight excluding hydrogens is 188 g/mol. The van der Waals surface area contributed by atoms with E-state index >= 15 is 0 Å². The minimum absolute atomic E-state index is 1.13. The third-order valence-electron chi connectivity index (χ3n) is 1.80. The van der Waals surface area contributed by atoms with Gasteiger partial charge in [0.1, 0.15) is 0 Å². The fourth-order valence-electron chi connectivity index (χ4n) is 1.11. The van der Waals surface area contributed by atoms with Crippen LogP contribution in [0, 0.1) is 5.18 Å². The van der Waals surface area contributed by atoms with E-state index in [-0.39, 0.29) is 0 Å². The summed E-state index contributed by atoms with van der Waals surface area (Å²) >= 11 is 1.62. The van der Waals surface area contributed by atoms with Crippen molar-refractivity contribution in [2.75, 3.05) is 0 Å². The van der Waals surface area contributed by atoms with Gasteiger partial charge in [0.25, 0.3) is 0 Å². The molecule has 0 N–H and O–H groups in total. The molecule has 0 atom stereocenters. The molecule has 0 saturated heterocycles. The van der Waals surface area contributed by atoms with Crippen LogP contribution in [0.3, 0.4) is 0 Å². The van der Waals surface area contributed by atoms with Crippen molar-refractivity contribution >= 4 is 11.2 Å². The number of hydrogen-bond donors (Lipinski definition) is 0. The van der Waals surface area contributed by atoms with Crippen LogP contribution in [0.5, 0.6) is 0 Å². The van der Waals surface area contributed by atoms with Gasteiger partial charge in [0.15, 0.2) is 0 Å². The summed E-state index contributed by atoms with van der Waals surface area (Å²) in [5.41, 5.74) is 1.13. The second-order valence-corrected chi connectivity index (χ2v) is 3.76. The molecular formula is C13H10S. The Hall–Kier alpha value is -1.56. The Bertz CT molecular complexity index is 405. The maximum atomic E-state index is 3.28. The summed E-state index contributed by atoms with van der Waals surface area (Å²) in [5, 5.41) is 3.28. The van der Waals surface area contributed by atoms with Gasteiger partial charge < -0.3 is 0 Å². The third kappa shape index (κ3) is 2.46. The topological polar surface area (TPSA) is 0 Å². The molecule has 0 spiro atoms. The van der Waals surface area contributed by atoms with Crippen molar-refractivity contribution in [3.8, 4) is 5.18 Å². The van der Waals surface area contributed by atoms with Gasteiger partial charge >= 0.3 is 0 Å². The Morgan fingerprint density at radius 3 is 1.93 bits per heavy atom. The van der Waals surface area contributed by atoms with Crippen LogP contribution in [-0.2, 0) is 0 Å². The average molecular weight is 198 g/mol. The SMILES string of the molecule is C(#Sc1ccccc1)c1ccccc1. The zero-order valence-corrected chi connectivity index (χ0v) is 8.50. The molecule has 0 aromatic heterocycles. The highest BCUT2D eigenvalue weighted by Gasteiger charge is 1.83. The first kappa shape index (κ1) is 9.01. The fraction of sp³-hybridized carbons (Fsp3) is 0. The molecule has 0 unspecified atom stereocenters. The molecule has 2 aromatic rings. The Morgan fingerprint density at radius 1 is 0.714 bits per heavy atom. The lowest BCUT2D eigenvalue weighted by molar-refractivity contribution is 1.48. The summed E-state index contributed by atoms with van der Waals surface area (Å²) in [4.78, 5) is 1.22. The van der Waals surface area contributed by atoms with Crippen molar-refractivity contribution in [3.05, 3.63) is 66.2 Å². The number of rotatable bonds is 0. The second kappa shape index (κ2) is 4.61. The van der Waals surface area contributed by atoms with Gasteiger partial charge in [-0.05, 0) is 29.5 Å². The number of benzene rings is 2. The molecule has 0 amide bonds. The lowest BCUT2D eigenvalue weighted by Gasteiger charge is -1.88. The van der Waals surface area contributed by atoms with Crippen molar-refractivity contribution in [2.45, 2.75) is 4.90 Å². The molecule has 0 radical (unpaired) electrons. The average Bonchev–Trinajstić information content (AvgIpc) is 2.29. The summed E-state index contributed by atoms with van der Waals surface area (Å²) in [6.07, 6.45) is 0. The van der Waals surface area contributed by atoms with E-state index in [9.17, 15) is 0 Å². The first-order valence-electron chi connectivity index (χ1n) is 4.48. The van der Waals surface area contributed by atoms with E-state index in [0.717, 1.165) is 5.56 Å². The molecule has 2 aromatic carbocycles. The van der Waals surface area contributed by atoms with Gasteiger partial charge in [0.05, 0.1) is 0 Å². The van der Waals surface area contributed by atoms with Crippen LogP contribution in [0.15, 0.2) is 65.6 Å². The predicted octanol–water partition coefficient (Wildman–Crippen LogP) is 3.79. The van der Waals surface area contributed by atoms with Gasteiger partial charge in [0.2, 0.25) is 0 Å². The predicted molar refractivity (Wildman–Crippen MR) is 61.7 cm³/mol. The smallest absolute Gasteiger partial charge is 0.0354 e. The third-order valence-corrected chi connectivity index (χ3v) is 2.65. The van der Waals surface area contributed by atoms with Crippen molar-refractivity contribution in [2.24, 2.45) is 0 Å². The van der Waals surface area contributed by atoms with E-state index in [4.69, 9.17) is 0 Å². The summed E-state index contributed by atoms with van der Waals surface area (Å²) in [5.74, 6) is 0. The molecule has 0 heterocycles. The van der Waals surface area contributed by atoms with Gasteiger partial charge in [0, 0.05) is 10.5 Å². The Morgan fingerprint density at radius 2 is 1.29 bits per heavy atom. The molecule has 0 saturated carbocycles. The van der Waals surface area contributed by atoms with Gasteiger partial charge in [-0.15, -0.1) is 0 Å². The normalized spacial score (nSPS) is 9.14. The Kier molecular flexibility index (Phi) is 2.97. The molecule has 0 fully saturated rings. The van der Waals surface area contributed by atoms with Crippen LogP contribution < -0.4 is 0 Å². The standard InChI is InChI=1S/C13H10S/c1-3-7-12(8-4-1)11-14-13-9-5-2-6-10-13/h1-10H. The zero-order chi connectivity index (χ0) is 9.64. The van der Waals surface area contributed by atoms with Crippen LogP contribution >= 0.6 is 11.2 Å². The Labute approximate surface area is 87.8 Å². The summed E-state index contributed by atoms with van der Waals surface area (Å²) in [6, 6.07) is 20.4. The fourth-order valence-corrected chi connectivity index (χ4v) is 1.78. The minimum Gasteiger partial charge on any atom is -0.0924 e.